The highest BCUT2D eigenvalue weighted by Crippen LogP contribution is 2.52. The largest absolute Gasteiger partial charge is 0.492 e. The molecule has 0 radical (unpaired) electrons. The van der Waals surface area contributed by atoms with Crippen molar-refractivity contribution in [3.05, 3.63) is 64.1 Å². The number of carbonyl (C=O) groups excluding carboxylic acids is 1. The summed E-state index contributed by atoms with van der Waals surface area (Å²) in [6.07, 6.45) is 4.09. The fourth-order valence-electron chi connectivity index (χ4n) is 4.95. The van der Waals surface area contributed by atoms with E-state index in [1.54, 1.807) is 0 Å². The fraction of sp³-hybridized carbons (Fsp3) is 0.400. The molecule has 2 aromatic carbocycles. The topological polar surface area (TPSA) is 54.0 Å². The van der Waals surface area contributed by atoms with Gasteiger partial charge in [0, 0.05) is 5.92 Å². The predicted molar refractivity (Wildman–Crippen MR) is 119 cm³/mol. The van der Waals surface area contributed by atoms with E-state index in [0.29, 0.717) is 26.4 Å². The number of benzene rings is 2. The predicted octanol–water partition coefficient (Wildman–Crippen LogP) is 5.24. The minimum Gasteiger partial charge on any atom is -0.492 e. The number of cyclic esters (lactones) is 1. The normalized spacial score (nSPS) is 23.7. The number of hydrogen-bond donors (Lipinski definition) is 0. The van der Waals surface area contributed by atoms with E-state index in [0.717, 1.165) is 58.5 Å². The standard InChI is InChI=1S/C25H25BrO5/c1-16-9-19-14-29-24(27)25(19,12-16)13-18-5-6-21(20(26)10-18)28-8-2-3-17-4-7-22-23(11-17)31-15-30-22/h4-7,10-11,19H,1-3,8-9,12-15H2. The smallest absolute Gasteiger partial charge is 0.313 e. The number of allylic oxidation sites excluding steroid dienone is 1. The zero-order chi connectivity index (χ0) is 21.4. The second-order valence-corrected chi connectivity index (χ2v) is 9.52. The first-order valence-corrected chi connectivity index (χ1v) is 11.5. The first-order valence-electron chi connectivity index (χ1n) is 10.7. The minimum atomic E-state index is -0.441. The lowest BCUT2D eigenvalue weighted by Crippen LogP contribution is -2.31. The summed E-state index contributed by atoms with van der Waals surface area (Å²) < 4.78 is 23.1. The summed E-state index contributed by atoms with van der Waals surface area (Å²) in [5.74, 6) is 2.61. The molecule has 0 amide bonds. The molecule has 6 heteroatoms. The summed E-state index contributed by atoms with van der Waals surface area (Å²) in [5.41, 5.74) is 3.03. The van der Waals surface area contributed by atoms with Gasteiger partial charge in [-0.15, -0.1) is 0 Å². The Morgan fingerprint density at radius 2 is 1.94 bits per heavy atom. The van der Waals surface area contributed by atoms with E-state index < -0.39 is 5.41 Å². The first-order chi connectivity index (χ1) is 15.0. The van der Waals surface area contributed by atoms with E-state index in [9.17, 15) is 4.79 Å². The van der Waals surface area contributed by atoms with Crippen molar-refractivity contribution >= 4 is 21.9 Å². The second kappa shape index (κ2) is 8.23. The lowest BCUT2D eigenvalue weighted by atomic mass is 9.75. The molecule has 3 aliphatic rings. The van der Waals surface area contributed by atoms with Gasteiger partial charge in [-0.05, 0) is 83.4 Å². The monoisotopic (exact) mass is 484 g/mol. The van der Waals surface area contributed by atoms with Crippen LogP contribution in [0.25, 0.3) is 0 Å². The zero-order valence-electron chi connectivity index (χ0n) is 17.3. The highest BCUT2D eigenvalue weighted by Gasteiger charge is 2.55. The van der Waals surface area contributed by atoms with Gasteiger partial charge in [0.25, 0.3) is 0 Å². The molecule has 2 heterocycles. The average molecular weight is 485 g/mol. The number of carbonyl (C=O) groups is 1. The van der Waals surface area contributed by atoms with Crippen LogP contribution < -0.4 is 14.2 Å². The SMILES string of the molecule is C=C1CC2COC(=O)C2(Cc2ccc(OCCCc3ccc4c(c3)OCO4)c(Br)c2)C1. The summed E-state index contributed by atoms with van der Waals surface area (Å²) >= 11 is 3.64. The minimum absolute atomic E-state index is 0.0730. The molecule has 2 fully saturated rings. The Bertz CT molecular complexity index is 1030. The molecular formula is C25H25BrO5. The number of esters is 1. The Hall–Kier alpha value is -2.47. The third-order valence-electron chi connectivity index (χ3n) is 6.52. The van der Waals surface area contributed by atoms with Crippen LogP contribution in [0.15, 0.2) is 53.0 Å². The van der Waals surface area contributed by atoms with Crippen LogP contribution in [-0.2, 0) is 22.4 Å². The fourth-order valence-corrected chi connectivity index (χ4v) is 5.49. The van der Waals surface area contributed by atoms with Crippen LogP contribution in [0.2, 0.25) is 0 Å². The van der Waals surface area contributed by atoms with Crippen LogP contribution in [0.5, 0.6) is 17.2 Å². The van der Waals surface area contributed by atoms with Gasteiger partial charge in [-0.25, -0.2) is 0 Å². The maximum atomic E-state index is 12.5. The number of halogens is 1. The van der Waals surface area contributed by atoms with Crippen molar-refractivity contribution in [3.63, 3.8) is 0 Å². The Morgan fingerprint density at radius 3 is 2.81 bits per heavy atom. The molecule has 2 aliphatic heterocycles. The van der Waals surface area contributed by atoms with Crippen molar-refractivity contribution in [2.75, 3.05) is 20.0 Å². The van der Waals surface area contributed by atoms with Crippen molar-refractivity contribution in [1.82, 2.24) is 0 Å². The first kappa shape index (κ1) is 20.4. The molecule has 0 aromatic heterocycles. The second-order valence-electron chi connectivity index (χ2n) is 8.66. The van der Waals surface area contributed by atoms with Gasteiger partial charge in [0.1, 0.15) is 5.75 Å². The highest BCUT2D eigenvalue weighted by molar-refractivity contribution is 9.10. The van der Waals surface area contributed by atoms with Crippen LogP contribution >= 0.6 is 15.9 Å². The van der Waals surface area contributed by atoms with Gasteiger partial charge in [0.15, 0.2) is 11.5 Å². The average Bonchev–Trinajstić information content (AvgIpc) is 3.41. The highest BCUT2D eigenvalue weighted by atomic mass is 79.9. The molecule has 31 heavy (non-hydrogen) atoms. The van der Waals surface area contributed by atoms with Gasteiger partial charge in [0.05, 0.1) is 23.1 Å². The van der Waals surface area contributed by atoms with Gasteiger partial charge in [-0.3, -0.25) is 4.79 Å². The van der Waals surface area contributed by atoms with E-state index in [2.05, 4.69) is 40.7 Å². The molecule has 2 unspecified atom stereocenters. The third kappa shape index (κ3) is 3.93. The lowest BCUT2D eigenvalue weighted by Gasteiger charge is -2.24. The van der Waals surface area contributed by atoms with Crippen LogP contribution in [-0.4, -0.2) is 26.0 Å². The lowest BCUT2D eigenvalue weighted by molar-refractivity contribution is -0.146. The quantitative estimate of drug-likeness (QED) is 0.305. The molecule has 0 spiro atoms. The zero-order valence-corrected chi connectivity index (χ0v) is 18.9. The molecule has 0 bridgehead atoms. The van der Waals surface area contributed by atoms with Crippen molar-refractivity contribution in [2.24, 2.45) is 11.3 Å². The van der Waals surface area contributed by atoms with Crippen molar-refractivity contribution in [1.29, 1.82) is 0 Å². The number of fused-ring (bicyclic) bond motifs is 2. The van der Waals surface area contributed by atoms with E-state index >= 15 is 0 Å². The molecule has 1 saturated heterocycles. The van der Waals surface area contributed by atoms with Crippen molar-refractivity contribution in [3.8, 4) is 17.2 Å². The Labute approximate surface area is 190 Å². The van der Waals surface area contributed by atoms with E-state index in [1.165, 1.54) is 5.56 Å². The number of aryl methyl sites for hydroxylation is 1. The number of hydrogen-bond acceptors (Lipinski definition) is 5. The third-order valence-corrected chi connectivity index (χ3v) is 7.14. The molecule has 5 rings (SSSR count). The number of ether oxygens (including phenoxy) is 4. The summed E-state index contributed by atoms with van der Waals surface area (Å²) in [4.78, 5) is 12.5. The van der Waals surface area contributed by atoms with Gasteiger partial charge < -0.3 is 18.9 Å². The van der Waals surface area contributed by atoms with Crippen LogP contribution in [0.1, 0.15) is 30.4 Å². The molecule has 0 N–H and O–H groups in total. The van der Waals surface area contributed by atoms with E-state index in [4.69, 9.17) is 18.9 Å². The molecule has 2 atom stereocenters. The van der Waals surface area contributed by atoms with Crippen molar-refractivity contribution in [2.45, 2.75) is 32.1 Å². The molecule has 162 valence electrons. The van der Waals surface area contributed by atoms with Gasteiger partial charge >= 0.3 is 5.97 Å². The molecule has 2 aromatic rings. The summed E-state index contributed by atoms with van der Waals surface area (Å²) in [6, 6.07) is 12.2. The van der Waals surface area contributed by atoms with Gasteiger partial charge in [0.2, 0.25) is 6.79 Å². The summed E-state index contributed by atoms with van der Waals surface area (Å²) in [6.45, 7) is 5.55. The Morgan fingerprint density at radius 1 is 1.10 bits per heavy atom. The van der Waals surface area contributed by atoms with E-state index in [1.807, 2.05) is 18.2 Å². The van der Waals surface area contributed by atoms with Gasteiger partial charge in [-0.2, -0.15) is 0 Å². The Kier molecular flexibility index (Phi) is 5.42. The molecule has 1 saturated carbocycles. The van der Waals surface area contributed by atoms with Crippen LogP contribution in [0.4, 0.5) is 0 Å². The van der Waals surface area contributed by atoms with Crippen molar-refractivity contribution < 1.29 is 23.7 Å². The van der Waals surface area contributed by atoms with Crippen LogP contribution in [0, 0.1) is 11.3 Å². The Balaban J connectivity index is 1.17. The summed E-state index contributed by atoms with van der Waals surface area (Å²) in [5, 5.41) is 0. The van der Waals surface area contributed by atoms with Gasteiger partial charge in [-0.1, -0.05) is 24.3 Å². The molecular weight excluding hydrogens is 460 g/mol. The van der Waals surface area contributed by atoms with E-state index in [-0.39, 0.29) is 11.9 Å². The maximum absolute atomic E-state index is 12.5. The summed E-state index contributed by atoms with van der Waals surface area (Å²) in [7, 11) is 0. The molecule has 5 nitrogen and oxygen atoms in total. The number of rotatable bonds is 7. The molecule has 1 aliphatic carbocycles. The van der Waals surface area contributed by atoms with Crippen LogP contribution in [0.3, 0.4) is 0 Å². The maximum Gasteiger partial charge on any atom is 0.313 e.